The molecule has 0 aromatic rings. The van der Waals surface area contributed by atoms with Gasteiger partial charge in [-0.1, -0.05) is 34.6 Å². The predicted octanol–water partition coefficient (Wildman–Crippen LogP) is 2.19. The molecule has 1 saturated heterocycles. The maximum absolute atomic E-state index is 11.7. The van der Waals surface area contributed by atoms with Crippen LogP contribution in [0.1, 0.15) is 41.0 Å². The second-order valence-electron chi connectivity index (χ2n) is 4.98. The molecule has 0 aromatic heterocycles. The van der Waals surface area contributed by atoms with E-state index in [-0.39, 0.29) is 11.3 Å². The molecule has 1 aliphatic rings. The SMILES string of the molecule is CCC1NC(=O)C(C)(C)C1C(C)C. The van der Waals surface area contributed by atoms with Crippen LogP contribution in [-0.4, -0.2) is 11.9 Å². The normalized spacial score (nSPS) is 32.3. The summed E-state index contributed by atoms with van der Waals surface area (Å²) in [5.74, 6) is 1.27. The molecule has 1 amide bonds. The highest BCUT2D eigenvalue weighted by atomic mass is 16.2. The van der Waals surface area contributed by atoms with Crippen LogP contribution in [0.4, 0.5) is 0 Å². The van der Waals surface area contributed by atoms with Crippen molar-refractivity contribution in [3.63, 3.8) is 0 Å². The summed E-state index contributed by atoms with van der Waals surface area (Å²) >= 11 is 0. The van der Waals surface area contributed by atoms with E-state index in [4.69, 9.17) is 0 Å². The molecule has 2 unspecified atom stereocenters. The first-order chi connectivity index (χ1) is 5.91. The Bertz CT molecular complexity index is 208. The smallest absolute Gasteiger partial charge is 0.226 e. The standard InChI is InChI=1S/C11H21NO/c1-6-8-9(7(2)3)11(4,5)10(13)12-8/h7-9H,6H2,1-5H3,(H,12,13). The average Bonchev–Trinajstić information content (AvgIpc) is 2.22. The van der Waals surface area contributed by atoms with Crippen molar-refractivity contribution in [1.29, 1.82) is 0 Å². The number of amides is 1. The van der Waals surface area contributed by atoms with Crippen LogP contribution < -0.4 is 5.32 Å². The summed E-state index contributed by atoms with van der Waals surface area (Å²) < 4.78 is 0. The van der Waals surface area contributed by atoms with Crippen molar-refractivity contribution >= 4 is 5.91 Å². The van der Waals surface area contributed by atoms with Crippen LogP contribution in [0, 0.1) is 17.3 Å². The molecule has 0 saturated carbocycles. The fourth-order valence-corrected chi connectivity index (χ4v) is 2.75. The summed E-state index contributed by atoms with van der Waals surface area (Å²) in [7, 11) is 0. The third kappa shape index (κ3) is 1.59. The Morgan fingerprint density at radius 3 is 2.31 bits per heavy atom. The number of carbonyl (C=O) groups is 1. The number of rotatable bonds is 2. The fourth-order valence-electron chi connectivity index (χ4n) is 2.75. The van der Waals surface area contributed by atoms with Crippen molar-refractivity contribution < 1.29 is 4.79 Å². The highest BCUT2D eigenvalue weighted by Gasteiger charge is 2.48. The maximum atomic E-state index is 11.7. The minimum atomic E-state index is -0.186. The van der Waals surface area contributed by atoms with E-state index in [0.717, 1.165) is 6.42 Å². The molecule has 1 fully saturated rings. The van der Waals surface area contributed by atoms with Gasteiger partial charge in [-0.25, -0.2) is 0 Å². The number of hydrogen-bond acceptors (Lipinski definition) is 1. The zero-order valence-electron chi connectivity index (χ0n) is 9.35. The Hall–Kier alpha value is -0.530. The quantitative estimate of drug-likeness (QED) is 0.698. The van der Waals surface area contributed by atoms with Gasteiger partial charge in [-0.2, -0.15) is 0 Å². The van der Waals surface area contributed by atoms with Crippen LogP contribution in [0.2, 0.25) is 0 Å². The van der Waals surface area contributed by atoms with Gasteiger partial charge in [0.05, 0.1) is 0 Å². The molecule has 1 aliphatic heterocycles. The molecular formula is C11H21NO. The Morgan fingerprint density at radius 1 is 1.46 bits per heavy atom. The van der Waals surface area contributed by atoms with E-state index in [1.54, 1.807) is 0 Å². The van der Waals surface area contributed by atoms with Gasteiger partial charge in [0.2, 0.25) is 5.91 Å². The van der Waals surface area contributed by atoms with E-state index in [0.29, 0.717) is 17.9 Å². The molecule has 1 N–H and O–H groups in total. The molecule has 2 heteroatoms. The van der Waals surface area contributed by atoms with Crippen molar-refractivity contribution in [2.24, 2.45) is 17.3 Å². The van der Waals surface area contributed by atoms with Crippen LogP contribution in [0.25, 0.3) is 0 Å². The zero-order chi connectivity index (χ0) is 10.2. The third-order valence-corrected chi connectivity index (χ3v) is 3.33. The molecule has 0 aromatic carbocycles. The second kappa shape index (κ2) is 3.32. The first kappa shape index (κ1) is 10.6. The summed E-state index contributed by atoms with van der Waals surface area (Å²) in [5, 5.41) is 3.09. The first-order valence-electron chi connectivity index (χ1n) is 5.22. The maximum Gasteiger partial charge on any atom is 0.226 e. The van der Waals surface area contributed by atoms with E-state index >= 15 is 0 Å². The van der Waals surface area contributed by atoms with Crippen LogP contribution in [0.5, 0.6) is 0 Å². The molecular weight excluding hydrogens is 162 g/mol. The molecule has 1 heterocycles. The number of carbonyl (C=O) groups excluding carboxylic acids is 1. The van der Waals surface area contributed by atoms with Crippen LogP contribution in [0.15, 0.2) is 0 Å². The number of hydrogen-bond donors (Lipinski definition) is 1. The van der Waals surface area contributed by atoms with Gasteiger partial charge in [-0.15, -0.1) is 0 Å². The molecule has 1 rings (SSSR count). The number of nitrogens with one attached hydrogen (secondary N) is 1. The van der Waals surface area contributed by atoms with Crippen LogP contribution >= 0.6 is 0 Å². The molecule has 76 valence electrons. The summed E-state index contributed by atoms with van der Waals surface area (Å²) in [6, 6.07) is 0.377. The highest BCUT2D eigenvalue weighted by molar-refractivity contribution is 5.85. The monoisotopic (exact) mass is 183 g/mol. The predicted molar refractivity (Wildman–Crippen MR) is 54.3 cm³/mol. The van der Waals surface area contributed by atoms with E-state index in [1.165, 1.54) is 0 Å². The average molecular weight is 183 g/mol. The largest absolute Gasteiger partial charge is 0.353 e. The minimum absolute atomic E-state index is 0.186. The summed E-state index contributed by atoms with van der Waals surface area (Å²) in [5.41, 5.74) is -0.186. The van der Waals surface area contributed by atoms with E-state index < -0.39 is 0 Å². The van der Waals surface area contributed by atoms with Gasteiger partial charge >= 0.3 is 0 Å². The van der Waals surface area contributed by atoms with Crippen molar-refractivity contribution in [3.8, 4) is 0 Å². The zero-order valence-corrected chi connectivity index (χ0v) is 9.35. The lowest BCUT2D eigenvalue weighted by Gasteiger charge is -2.30. The van der Waals surface area contributed by atoms with Crippen molar-refractivity contribution in [3.05, 3.63) is 0 Å². The molecule has 2 atom stereocenters. The van der Waals surface area contributed by atoms with Gasteiger partial charge in [0, 0.05) is 11.5 Å². The molecule has 0 spiro atoms. The lowest BCUT2D eigenvalue weighted by atomic mass is 9.72. The van der Waals surface area contributed by atoms with Gasteiger partial charge in [0.25, 0.3) is 0 Å². The third-order valence-electron chi connectivity index (χ3n) is 3.33. The molecule has 2 nitrogen and oxygen atoms in total. The summed E-state index contributed by atoms with van der Waals surface area (Å²) in [4.78, 5) is 11.7. The topological polar surface area (TPSA) is 29.1 Å². The Labute approximate surface area is 81.1 Å². The van der Waals surface area contributed by atoms with Gasteiger partial charge in [-0.3, -0.25) is 4.79 Å². The van der Waals surface area contributed by atoms with E-state index in [9.17, 15) is 4.79 Å². The van der Waals surface area contributed by atoms with E-state index in [2.05, 4.69) is 39.9 Å². The Kier molecular flexibility index (Phi) is 2.69. The molecule has 0 radical (unpaired) electrons. The Balaban J connectivity index is 2.92. The van der Waals surface area contributed by atoms with Crippen molar-refractivity contribution in [1.82, 2.24) is 5.32 Å². The second-order valence-corrected chi connectivity index (χ2v) is 4.98. The van der Waals surface area contributed by atoms with Crippen molar-refractivity contribution in [2.75, 3.05) is 0 Å². The van der Waals surface area contributed by atoms with Gasteiger partial charge in [-0.05, 0) is 18.3 Å². The molecule has 0 bridgehead atoms. The fraction of sp³-hybridized carbons (Fsp3) is 0.909. The first-order valence-corrected chi connectivity index (χ1v) is 5.22. The molecule has 0 aliphatic carbocycles. The Morgan fingerprint density at radius 2 is 2.00 bits per heavy atom. The summed E-state index contributed by atoms with van der Waals surface area (Å²) in [6.07, 6.45) is 1.04. The lowest BCUT2D eigenvalue weighted by molar-refractivity contribution is -0.127. The highest BCUT2D eigenvalue weighted by Crippen LogP contribution is 2.41. The molecule has 13 heavy (non-hydrogen) atoms. The van der Waals surface area contributed by atoms with Crippen LogP contribution in [-0.2, 0) is 4.79 Å². The van der Waals surface area contributed by atoms with Gasteiger partial charge < -0.3 is 5.32 Å². The van der Waals surface area contributed by atoms with E-state index in [1.807, 2.05) is 0 Å². The van der Waals surface area contributed by atoms with Crippen LogP contribution in [0.3, 0.4) is 0 Å². The van der Waals surface area contributed by atoms with Gasteiger partial charge in [0.1, 0.15) is 0 Å². The lowest BCUT2D eigenvalue weighted by Crippen LogP contribution is -2.32. The van der Waals surface area contributed by atoms with Crippen molar-refractivity contribution in [2.45, 2.75) is 47.1 Å². The minimum Gasteiger partial charge on any atom is -0.353 e. The summed E-state index contributed by atoms with van der Waals surface area (Å²) in [6.45, 7) is 10.7. The van der Waals surface area contributed by atoms with Gasteiger partial charge in [0.15, 0.2) is 0 Å².